The van der Waals surface area contributed by atoms with Crippen molar-refractivity contribution >= 4 is 5.91 Å². The molecule has 0 aromatic heterocycles. The first-order valence-electron chi connectivity index (χ1n) is 5.18. The third kappa shape index (κ3) is 3.51. The van der Waals surface area contributed by atoms with Gasteiger partial charge in [-0.3, -0.25) is 4.79 Å². The fourth-order valence-corrected chi connectivity index (χ4v) is 1.69. The van der Waals surface area contributed by atoms with Gasteiger partial charge >= 0.3 is 0 Å². The highest BCUT2D eigenvalue weighted by atomic mass is 16.5. The number of benzene rings is 1. The monoisotopic (exact) mass is 219 g/mol. The molecule has 0 saturated carbocycles. The number of nitrogens with two attached hydrogens (primary N) is 1. The average molecular weight is 219 g/mol. The summed E-state index contributed by atoms with van der Waals surface area (Å²) in [4.78, 5) is 9.47. The van der Waals surface area contributed by atoms with Gasteiger partial charge in [-0.25, -0.2) is 0 Å². The van der Waals surface area contributed by atoms with E-state index in [-0.39, 0.29) is 0 Å². The third-order valence-electron chi connectivity index (χ3n) is 2.55. The van der Waals surface area contributed by atoms with E-state index in [9.17, 15) is 4.79 Å². The molecule has 0 saturated heterocycles. The second kappa shape index (κ2) is 6.08. The van der Waals surface area contributed by atoms with Crippen molar-refractivity contribution in [3.63, 3.8) is 0 Å². The zero-order valence-electron chi connectivity index (χ0n) is 9.48. The topological polar surface area (TPSA) is 52.3 Å². The van der Waals surface area contributed by atoms with E-state index in [2.05, 4.69) is 36.6 Å². The zero-order valence-corrected chi connectivity index (χ0v) is 9.48. The fourth-order valence-electron chi connectivity index (χ4n) is 1.69. The van der Waals surface area contributed by atoms with Crippen LogP contribution in [-0.2, 0) is 22.4 Å². The van der Waals surface area contributed by atoms with Crippen LogP contribution in [-0.4, -0.2) is 19.1 Å². The largest absolute Gasteiger partial charge is 0.381 e. The van der Waals surface area contributed by atoms with Crippen molar-refractivity contribution in [3.05, 3.63) is 48.0 Å². The molecule has 2 N–H and O–H groups in total. The second-order valence-corrected chi connectivity index (χ2v) is 3.64. The molecule has 0 atom stereocenters. The number of hydrogen-bond donors (Lipinski definition) is 1. The normalized spacial score (nSPS) is 13.6. The van der Waals surface area contributed by atoms with Crippen molar-refractivity contribution in [1.29, 1.82) is 0 Å². The highest BCUT2D eigenvalue weighted by molar-refractivity contribution is 5.84. The molecule has 1 aromatic rings. The van der Waals surface area contributed by atoms with Gasteiger partial charge in [0.25, 0.3) is 0 Å². The lowest BCUT2D eigenvalue weighted by Crippen LogP contribution is -2.08. The second-order valence-electron chi connectivity index (χ2n) is 3.64. The van der Waals surface area contributed by atoms with Crippen molar-refractivity contribution in [2.75, 3.05) is 7.11 Å². The van der Waals surface area contributed by atoms with Crippen LogP contribution in [0.4, 0.5) is 0 Å². The number of primary amides is 1. The van der Waals surface area contributed by atoms with Crippen molar-refractivity contribution < 1.29 is 9.53 Å². The Bertz CT molecular complexity index is 349. The van der Waals surface area contributed by atoms with Gasteiger partial charge in [-0.05, 0) is 30.0 Å². The van der Waals surface area contributed by atoms with E-state index in [1.807, 2.05) is 0 Å². The van der Waals surface area contributed by atoms with Gasteiger partial charge in [-0.15, -0.1) is 0 Å². The van der Waals surface area contributed by atoms with E-state index in [1.54, 1.807) is 7.11 Å². The molecule has 1 aliphatic carbocycles. The predicted molar refractivity (Wildman–Crippen MR) is 64.0 cm³/mol. The number of fused-ring (bicyclic) bond motifs is 1. The Morgan fingerprint density at radius 1 is 1.44 bits per heavy atom. The van der Waals surface area contributed by atoms with Gasteiger partial charge in [0.15, 0.2) is 0 Å². The molecule has 1 aliphatic rings. The Kier molecular flexibility index (Phi) is 4.73. The van der Waals surface area contributed by atoms with E-state index in [1.165, 1.54) is 11.1 Å². The minimum atomic E-state index is -0.481. The first-order chi connectivity index (χ1) is 7.67. The van der Waals surface area contributed by atoms with Gasteiger partial charge in [0.2, 0.25) is 5.91 Å². The summed E-state index contributed by atoms with van der Waals surface area (Å²) in [6, 6.07) is 8.57. The van der Waals surface area contributed by atoms with E-state index < -0.39 is 5.91 Å². The lowest BCUT2D eigenvalue weighted by Gasteiger charge is -2.03. The first kappa shape index (κ1) is 12.5. The molecule has 3 nitrogen and oxygen atoms in total. The summed E-state index contributed by atoms with van der Waals surface area (Å²) in [5, 5.41) is 0. The Morgan fingerprint density at radius 2 is 1.88 bits per heavy atom. The van der Waals surface area contributed by atoms with Crippen LogP contribution in [0, 0.1) is 0 Å². The molecular weight excluding hydrogens is 202 g/mol. The molecule has 1 amide bonds. The zero-order chi connectivity index (χ0) is 12.0. The Morgan fingerprint density at radius 3 is 2.19 bits per heavy atom. The molecule has 1 aromatic carbocycles. The average Bonchev–Trinajstić information content (AvgIpc) is 2.72. The van der Waals surface area contributed by atoms with Crippen molar-refractivity contribution in [2.24, 2.45) is 5.73 Å². The van der Waals surface area contributed by atoms with Crippen LogP contribution in [0.25, 0.3) is 0 Å². The van der Waals surface area contributed by atoms with Gasteiger partial charge in [-0.2, -0.15) is 0 Å². The quantitative estimate of drug-likeness (QED) is 0.765. The standard InChI is InChI=1S/C10H12O.C3H5NO/c1-11-10-6-8-4-2-3-5-9(8)7-10;1-2-3(4)5/h2-5,10H,6-7H2,1H3;2H,1H2,(H2,4,5). The SMILES string of the molecule is C=CC(N)=O.COC1Cc2ccccc2C1. The lowest BCUT2D eigenvalue weighted by atomic mass is 10.1. The van der Waals surface area contributed by atoms with Crippen LogP contribution in [0.3, 0.4) is 0 Å². The van der Waals surface area contributed by atoms with E-state index >= 15 is 0 Å². The number of amides is 1. The molecule has 0 heterocycles. The van der Waals surface area contributed by atoms with Crippen molar-refractivity contribution in [3.8, 4) is 0 Å². The maximum absolute atomic E-state index is 9.47. The summed E-state index contributed by atoms with van der Waals surface area (Å²) in [6.45, 7) is 3.09. The third-order valence-corrected chi connectivity index (χ3v) is 2.55. The highest BCUT2D eigenvalue weighted by Gasteiger charge is 2.19. The van der Waals surface area contributed by atoms with Crippen LogP contribution in [0.2, 0.25) is 0 Å². The van der Waals surface area contributed by atoms with Gasteiger partial charge in [0.1, 0.15) is 0 Å². The van der Waals surface area contributed by atoms with Gasteiger partial charge in [0, 0.05) is 7.11 Å². The molecule has 16 heavy (non-hydrogen) atoms. The highest BCUT2D eigenvalue weighted by Crippen LogP contribution is 2.22. The summed E-state index contributed by atoms with van der Waals surface area (Å²) in [5.74, 6) is -0.481. The van der Waals surface area contributed by atoms with E-state index in [0.29, 0.717) is 6.10 Å². The molecule has 86 valence electrons. The minimum Gasteiger partial charge on any atom is -0.381 e. The van der Waals surface area contributed by atoms with Crippen LogP contribution >= 0.6 is 0 Å². The van der Waals surface area contributed by atoms with Crippen LogP contribution in [0.5, 0.6) is 0 Å². The smallest absolute Gasteiger partial charge is 0.240 e. The molecule has 2 rings (SSSR count). The van der Waals surface area contributed by atoms with Gasteiger partial charge in [0.05, 0.1) is 6.10 Å². The van der Waals surface area contributed by atoms with E-state index in [4.69, 9.17) is 4.74 Å². The van der Waals surface area contributed by atoms with Crippen LogP contribution in [0.15, 0.2) is 36.9 Å². The molecule has 0 unspecified atom stereocenters. The number of rotatable bonds is 2. The molecule has 0 bridgehead atoms. The number of hydrogen-bond acceptors (Lipinski definition) is 2. The Balaban J connectivity index is 0.000000221. The molecule has 0 fully saturated rings. The number of methoxy groups -OCH3 is 1. The number of carbonyl (C=O) groups excluding carboxylic acids is 1. The summed E-state index contributed by atoms with van der Waals surface area (Å²) in [5.41, 5.74) is 7.45. The molecule has 3 heteroatoms. The van der Waals surface area contributed by atoms with Gasteiger partial charge in [-0.1, -0.05) is 30.8 Å². The Labute approximate surface area is 95.9 Å². The number of ether oxygens (including phenoxy) is 1. The lowest BCUT2D eigenvalue weighted by molar-refractivity contribution is -0.113. The van der Waals surface area contributed by atoms with Crippen LogP contribution in [0.1, 0.15) is 11.1 Å². The van der Waals surface area contributed by atoms with Gasteiger partial charge < -0.3 is 10.5 Å². The number of carbonyl (C=O) groups is 1. The van der Waals surface area contributed by atoms with Crippen LogP contribution < -0.4 is 5.73 Å². The molecule has 0 spiro atoms. The maximum Gasteiger partial charge on any atom is 0.240 e. The summed E-state index contributed by atoms with van der Waals surface area (Å²) >= 11 is 0. The van der Waals surface area contributed by atoms with E-state index in [0.717, 1.165) is 18.9 Å². The first-order valence-corrected chi connectivity index (χ1v) is 5.18. The van der Waals surface area contributed by atoms with Crippen molar-refractivity contribution in [1.82, 2.24) is 0 Å². The predicted octanol–water partition coefficient (Wildman–Crippen LogP) is 1.46. The molecule has 0 aliphatic heterocycles. The minimum absolute atomic E-state index is 0.424. The summed E-state index contributed by atoms with van der Waals surface area (Å²) in [6.07, 6.45) is 3.66. The fraction of sp³-hybridized carbons (Fsp3) is 0.308. The molecular formula is C13H17NO2. The Hall–Kier alpha value is -1.61. The van der Waals surface area contributed by atoms with Crippen molar-refractivity contribution in [2.45, 2.75) is 18.9 Å². The summed E-state index contributed by atoms with van der Waals surface area (Å²) in [7, 11) is 1.79. The molecule has 0 radical (unpaired) electrons. The maximum atomic E-state index is 9.47. The summed E-state index contributed by atoms with van der Waals surface area (Å²) < 4.78 is 5.29.